The first kappa shape index (κ1) is 13.7. The van der Waals surface area contributed by atoms with Crippen molar-refractivity contribution in [1.82, 2.24) is 5.32 Å². The van der Waals surface area contributed by atoms with Crippen LogP contribution in [0, 0.1) is 0 Å². The molecule has 100 valence electrons. The van der Waals surface area contributed by atoms with Gasteiger partial charge in [-0.25, -0.2) is 0 Å². The Morgan fingerprint density at radius 1 is 1.39 bits per heavy atom. The van der Waals surface area contributed by atoms with Crippen molar-refractivity contribution < 1.29 is 4.74 Å². The summed E-state index contributed by atoms with van der Waals surface area (Å²) in [6.07, 6.45) is 2.06. The van der Waals surface area contributed by atoms with Crippen molar-refractivity contribution in [3.63, 3.8) is 0 Å². The van der Waals surface area contributed by atoms with Crippen LogP contribution in [0.1, 0.15) is 31.4 Å². The summed E-state index contributed by atoms with van der Waals surface area (Å²) in [5.41, 5.74) is 2.87. The molecule has 0 unspecified atom stereocenters. The van der Waals surface area contributed by atoms with Crippen LogP contribution < -0.4 is 10.1 Å². The number of ether oxygens (including phenoxy) is 1. The Bertz CT molecular complexity index is 403. The Balaban J connectivity index is 2.00. The van der Waals surface area contributed by atoms with Gasteiger partial charge in [0.1, 0.15) is 5.75 Å². The zero-order chi connectivity index (χ0) is 13.0. The van der Waals surface area contributed by atoms with E-state index in [0.717, 1.165) is 44.2 Å². The van der Waals surface area contributed by atoms with Gasteiger partial charge in [-0.1, -0.05) is 26.0 Å². The smallest absolute Gasteiger partial charge is 0.122 e. The molecule has 1 aliphatic rings. The normalized spacial score (nSPS) is 14.4. The quantitative estimate of drug-likeness (QED) is 0.632. The summed E-state index contributed by atoms with van der Waals surface area (Å²) in [6, 6.07) is 6.59. The number of halogens is 1. The van der Waals surface area contributed by atoms with E-state index in [2.05, 4.69) is 37.4 Å². The summed E-state index contributed by atoms with van der Waals surface area (Å²) in [5.74, 6) is 1.79. The lowest BCUT2D eigenvalue weighted by molar-refractivity contribution is 0.356. The Kier molecular flexibility index (Phi) is 4.52. The van der Waals surface area contributed by atoms with E-state index in [1.807, 2.05) is 0 Å². The van der Waals surface area contributed by atoms with E-state index in [4.69, 9.17) is 16.3 Å². The third-order valence-electron chi connectivity index (χ3n) is 3.53. The number of rotatable bonds is 6. The first-order chi connectivity index (χ1) is 8.63. The molecular weight excluding hydrogens is 246 g/mol. The van der Waals surface area contributed by atoms with Crippen LogP contribution in [-0.2, 0) is 11.8 Å². The molecule has 1 N–H and O–H groups in total. The van der Waals surface area contributed by atoms with Crippen LogP contribution in [0.3, 0.4) is 0 Å². The molecule has 2 rings (SSSR count). The molecular formula is C15H22ClNO. The minimum absolute atomic E-state index is 0.143. The van der Waals surface area contributed by atoms with Crippen molar-refractivity contribution in [3.05, 3.63) is 29.3 Å². The van der Waals surface area contributed by atoms with Crippen molar-refractivity contribution in [2.75, 3.05) is 25.6 Å². The Morgan fingerprint density at radius 2 is 2.22 bits per heavy atom. The molecule has 3 heteroatoms. The van der Waals surface area contributed by atoms with Crippen molar-refractivity contribution in [2.24, 2.45) is 0 Å². The number of alkyl halides is 1. The highest BCUT2D eigenvalue weighted by Gasteiger charge is 2.22. The van der Waals surface area contributed by atoms with Crippen LogP contribution in [-0.4, -0.2) is 25.6 Å². The van der Waals surface area contributed by atoms with Crippen molar-refractivity contribution in [1.29, 1.82) is 0 Å². The summed E-state index contributed by atoms with van der Waals surface area (Å²) in [7, 11) is 0. The Morgan fingerprint density at radius 3 is 3.00 bits per heavy atom. The van der Waals surface area contributed by atoms with Crippen LogP contribution in [0.25, 0.3) is 0 Å². The minimum Gasteiger partial charge on any atom is -0.493 e. The largest absolute Gasteiger partial charge is 0.493 e. The lowest BCUT2D eigenvalue weighted by Gasteiger charge is -2.26. The minimum atomic E-state index is 0.143. The molecule has 1 aromatic carbocycles. The maximum Gasteiger partial charge on any atom is 0.122 e. The van der Waals surface area contributed by atoms with Gasteiger partial charge >= 0.3 is 0 Å². The van der Waals surface area contributed by atoms with Crippen molar-refractivity contribution in [3.8, 4) is 5.75 Å². The molecule has 0 bridgehead atoms. The molecule has 18 heavy (non-hydrogen) atoms. The van der Waals surface area contributed by atoms with E-state index in [1.54, 1.807) is 0 Å². The zero-order valence-electron chi connectivity index (χ0n) is 11.3. The lowest BCUT2D eigenvalue weighted by atomic mass is 9.83. The maximum atomic E-state index is 5.68. The molecule has 1 aliphatic heterocycles. The Hall–Kier alpha value is -0.730. The fourth-order valence-electron chi connectivity index (χ4n) is 2.30. The van der Waals surface area contributed by atoms with Crippen molar-refractivity contribution in [2.45, 2.75) is 32.1 Å². The molecule has 0 aromatic heterocycles. The van der Waals surface area contributed by atoms with E-state index >= 15 is 0 Å². The van der Waals surface area contributed by atoms with Gasteiger partial charge in [-0.3, -0.25) is 0 Å². The third kappa shape index (κ3) is 3.18. The van der Waals surface area contributed by atoms with Crippen LogP contribution in [0.5, 0.6) is 5.75 Å². The number of hydrogen-bond donors (Lipinski definition) is 1. The van der Waals surface area contributed by atoms with Gasteiger partial charge in [0.25, 0.3) is 0 Å². The second-order valence-electron chi connectivity index (χ2n) is 5.52. The van der Waals surface area contributed by atoms with Gasteiger partial charge in [0.05, 0.1) is 6.61 Å². The van der Waals surface area contributed by atoms with Crippen LogP contribution in [0.4, 0.5) is 0 Å². The van der Waals surface area contributed by atoms with Gasteiger partial charge in [-0.15, -0.1) is 11.6 Å². The summed E-state index contributed by atoms with van der Waals surface area (Å²) >= 11 is 5.68. The Labute approximate surface area is 115 Å². The second-order valence-corrected chi connectivity index (χ2v) is 5.90. The molecule has 1 aromatic rings. The highest BCUT2D eigenvalue weighted by atomic mass is 35.5. The molecule has 0 saturated carbocycles. The molecule has 0 saturated heterocycles. The molecule has 2 nitrogen and oxygen atoms in total. The fraction of sp³-hybridized carbons (Fsp3) is 0.600. The average Bonchev–Trinajstić information content (AvgIpc) is 2.82. The van der Waals surface area contributed by atoms with Crippen LogP contribution in [0.15, 0.2) is 18.2 Å². The topological polar surface area (TPSA) is 21.3 Å². The number of benzene rings is 1. The summed E-state index contributed by atoms with van der Waals surface area (Å²) < 4.78 is 5.55. The first-order valence-electron chi connectivity index (χ1n) is 6.66. The van der Waals surface area contributed by atoms with Crippen molar-refractivity contribution >= 4 is 11.6 Å². The molecule has 0 amide bonds. The van der Waals surface area contributed by atoms with Gasteiger partial charge < -0.3 is 10.1 Å². The fourth-order valence-corrected chi connectivity index (χ4v) is 2.44. The van der Waals surface area contributed by atoms with Gasteiger partial charge in [-0.05, 0) is 30.2 Å². The molecule has 0 fully saturated rings. The summed E-state index contributed by atoms with van der Waals surface area (Å²) in [5, 5.41) is 3.48. The summed E-state index contributed by atoms with van der Waals surface area (Å²) in [6.45, 7) is 7.34. The first-order valence-corrected chi connectivity index (χ1v) is 7.20. The number of nitrogens with one attached hydrogen (secondary N) is 1. The van der Waals surface area contributed by atoms with Gasteiger partial charge in [0.15, 0.2) is 0 Å². The maximum absolute atomic E-state index is 5.68. The number of fused-ring (bicyclic) bond motifs is 1. The van der Waals surface area contributed by atoms with E-state index in [9.17, 15) is 0 Å². The SMILES string of the molecule is CC(C)(CNCCCCl)c1ccc2c(c1)CCO2. The molecule has 0 atom stereocenters. The van der Waals surface area contributed by atoms with E-state index in [0.29, 0.717) is 0 Å². The van der Waals surface area contributed by atoms with Crippen LogP contribution >= 0.6 is 11.6 Å². The van der Waals surface area contributed by atoms with E-state index in [1.165, 1.54) is 11.1 Å². The second kappa shape index (κ2) is 5.94. The monoisotopic (exact) mass is 267 g/mol. The molecule has 0 aliphatic carbocycles. The van der Waals surface area contributed by atoms with Gasteiger partial charge in [-0.2, -0.15) is 0 Å². The lowest BCUT2D eigenvalue weighted by Crippen LogP contribution is -2.33. The van der Waals surface area contributed by atoms with E-state index < -0.39 is 0 Å². The van der Waals surface area contributed by atoms with E-state index in [-0.39, 0.29) is 5.41 Å². The molecule has 0 radical (unpaired) electrons. The zero-order valence-corrected chi connectivity index (χ0v) is 12.0. The average molecular weight is 268 g/mol. The molecule has 1 heterocycles. The summed E-state index contributed by atoms with van der Waals surface area (Å²) in [4.78, 5) is 0. The highest BCUT2D eigenvalue weighted by molar-refractivity contribution is 6.17. The predicted molar refractivity (Wildman–Crippen MR) is 76.9 cm³/mol. The predicted octanol–water partition coefficient (Wildman–Crippen LogP) is 3.12. The van der Waals surface area contributed by atoms with Gasteiger partial charge in [0, 0.05) is 24.3 Å². The molecule has 0 spiro atoms. The van der Waals surface area contributed by atoms with Crippen LogP contribution in [0.2, 0.25) is 0 Å². The highest BCUT2D eigenvalue weighted by Crippen LogP contribution is 2.31. The third-order valence-corrected chi connectivity index (χ3v) is 3.79. The standard InChI is InChI=1S/C15H22ClNO/c1-15(2,11-17-8-3-7-16)13-4-5-14-12(10-13)6-9-18-14/h4-5,10,17H,3,6-9,11H2,1-2H3. The number of hydrogen-bond acceptors (Lipinski definition) is 2. The van der Waals surface area contributed by atoms with Gasteiger partial charge in [0.2, 0.25) is 0 Å².